The molecule has 0 fully saturated rings. The minimum absolute atomic E-state index is 0.931. The first-order chi connectivity index (χ1) is 26.2. The van der Waals surface area contributed by atoms with E-state index in [1.807, 2.05) is 11.3 Å². The summed E-state index contributed by atoms with van der Waals surface area (Å²) in [5, 5.41) is 8.89. The number of nitrogens with zero attached hydrogens (tertiary/aromatic N) is 1. The highest BCUT2D eigenvalue weighted by atomic mass is 32.1. The number of hydrogen-bond donors (Lipinski definition) is 0. The van der Waals surface area contributed by atoms with E-state index in [-0.39, 0.29) is 0 Å². The van der Waals surface area contributed by atoms with Gasteiger partial charge in [0, 0.05) is 60.7 Å². The maximum Gasteiger partial charge on any atom is 0.137 e. The molecule has 0 saturated carbocycles. The summed E-state index contributed by atoms with van der Waals surface area (Å²) in [6.07, 6.45) is 6.43. The van der Waals surface area contributed by atoms with Crippen molar-refractivity contribution in [3.05, 3.63) is 181 Å². The third kappa shape index (κ3) is 5.00. The van der Waals surface area contributed by atoms with Gasteiger partial charge in [-0.05, 0) is 98.8 Å². The van der Waals surface area contributed by atoms with Crippen LogP contribution in [0, 0.1) is 0 Å². The molecule has 0 aliphatic heterocycles. The van der Waals surface area contributed by atoms with Gasteiger partial charge >= 0.3 is 0 Å². The molecule has 2 nitrogen and oxygen atoms in total. The Balaban J connectivity index is 1.03. The fraction of sp³-hybridized carbons (Fsp3) is 0.0400. The molecule has 250 valence electrons. The predicted octanol–water partition coefficient (Wildman–Crippen LogP) is 14.9. The van der Waals surface area contributed by atoms with Gasteiger partial charge in [-0.1, -0.05) is 121 Å². The molecule has 11 rings (SSSR count). The molecule has 2 aromatic heterocycles. The van der Waals surface area contributed by atoms with E-state index in [1.54, 1.807) is 0 Å². The second kappa shape index (κ2) is 12.1. The summed E-state index contributed by atoms with van der Waals surface area (Å²) in [5.74, 6) is 1.08. The molecule has 0 saturated heterocycles. The van der Waals surface area contributed by atoms with Crippen LogP contribution in [0.25, 0.3) is 81.0 Å². The number of thiophene rings is 1. The summed E-state index contributed by atoms with van der Waals surface area (Å²) in [4.78, 5) is 2.37. The number of furan rings is 1. The van der Waals surface area contributed by atoms with Crippen molar-refractivity contribution in [2.24, 2.45) is 0 Å². The van der Waals surface area contributed by atoms with Crippen molar-refractivity contribution in [3.8, 4) is 22.3 Å². The Hall–Kier alpha value is -6.42. The maximum absolute atomic E-state index is 6.48. The highest BCUT2D eigenvalue weighted by Gasteiger charge is 2.20. The largest absolute Gasteiger partial charge is 0.460 e. The highest BCUT2D eigenvalue weighted by molar-refractivity contribution is 7.25. The third-order valence-corrected chi connectivity index (χ3v) is 12.0. The normalized spacial score (nSPS) is 12.7. The van der Waals surface area contributed by atoms with Crippen LogP contribution >= 0.6 is 11.3 Å². The number of hydrogen-bond acceptors (Lipinski definition) is 3. The fourth-order valence-corrected chi connectivity index (χ4v) is 9.48. The van der Waals surface area contributed by atoms with E-state index < -0.39 is 0 Å². The topological polar surface area (TPSA) is 16.4 Å². The minimum Gasteiger partial charge on any atom is -0.460 e. The van der Waals surface area contributed by atoms with Crippen LogP contribution in [-0.4, -0.2) is 0 Å². The van der Waals surface area contributed by atoms with E-state index in [4.69, 9.17) is 4.42 Å². The lowest BCUT2D eigenvalue weighted by Crippen LogP contribution is -2.09. The third-order valence-electron chi connectivity index (χ3n) is 10.9. The molecule has 1 aliphatic carbocycles. The van der Waals surface area contributed by atoms with Crippen molar-refractivity contribution >= 4 is 87.2 Å². The van der Waals surface area contributed by atoms with E-state index in [9.17, 15) is 0 Å². The molecule has 0 N–H and O–H groups in total. The first kappa shape index (κ1) is 30.2. The SMILES string of the molecule is C1=Cc2c(oc3cc(N(c4cccc(-c5ccc(-c6cc7ccccc7c7ccccc67)cc5)c4)c4ccc5c(c4)sc4ccccc45)ccc23)CC1. The maximum atomic E-state index is 6.48. The Bertz CT molecular complexity index is 3070. The summed E-state index contributed by atoms with van der Waals surface area (Å²) in [6, 6.07) is 60.0. The highest BCUT2D eigenvalue weighted by Crippen LogP contribution is 2.43. The van der Waals surface area contributed by atoms with Gasteiger partial charge in [0.2, 0.25) is 0 Å². The molecule has 0 unspecified atom stereocenters. The van der Waals surface area contributed by atoms with Crippen molar-refractivity contribution in [2.75, 3.05) is 4.90 Å². The van der Waals surface area contributed by atoms with Gasteiger partial charge in [0.15, 0.2) is 0 Å². The summed E-state index contributed by atoms with van der Waals surface area (Å²) >= 11 is 1.85. The molecule has 2 heterocycles. The Kier molecular flexibility index (Phi) is 6.89. The quantitative estimate of drug-likeness (QED) is 0.167. The van der Waals surface area contributed by atoms with Crippen molar-refractivity contribution in [1.29, 1.82) is 0 Å². The van der Waals surface area contributed by atoms with Gasteiger partial charge in [-0.25, -0.2) is 0 Å². The van der Waals surface area contributed by atoms with Gasteiger partial charge in [0.1, 0.15) is 11.3 Å². The first-order valence-corrected chi connectivity index (χ1v) is 19.1. The zero-order chi connectivity index (χ0) is 34.9. The van der Waals surface area contributed by atoms with Crippen LogP contribution < -0.4 is 4.90 Å². The molecule has 0 amide bonds. The summed E-state index contributed by atoms with van der Waals surface area (Å²) in [5.41, 5.74) is 10.3. The number of rotatable bonds is 5. The van der Waals surface area contributed by atoms with Crippen LogP contribution in [0.15, 0.2) is 174 Å². The first-order valence-electron chi connectivity index (χ1n) is 18.3. The summed E-state index contributed by atoms with van der Waals surface area (Å²) in [7, 11) is 0. The smallest absolute Gasteiger partial charge is 0.137 e. The van der Waals surface area contributed by atoms with Crippen molar-refractivity contribution < 1.29 is 4.42 Å². The van der Waals surface area contributed by atoms with Crippen LogP contribution in [0.2, 0.25) is 0 Å². The van der Waals surface area contributed by atoms with Crippen molar-refractivity contribution in [2.45, 2.75) is 12.8 Å². The zero-order valence-corrected chi connectivity index (χ0v) is 29.7. The standard InChI is InChI=1S/C50H33NOS/c1-2-13-39-35(10-1)29-46(41-15-4-3-14-40(39)41)33-22-20-32(21-23-33)34-11-9-12-36(28-34)51(37-24-26-43-42-16-5-7-18-47(42)52-48(43)30-37)38-25-27-45-44-17-6-8-19-49(44)53-50(45)31-38/h1-6,8-17,19-31H,7,18H2. The van der Waals surface area contributed by atoms with E-state index >= 15 is 0 Å². The minimum atomic E-state index is 0.931. The molecule has 3 heteroatoms. The van der Waals surface area contributed by atoms with E-state index in [0.29, 0.717) is 0 Å². The number of fused-ring (bicyclic) bond motifs is 9. The molecule has 1 aliphatic rings. The lowest BCUT2D eigenvalue weighted by molar-refractivity contribution is 0.546. The molecule has 0 spiro atoms. The predicted molar refractivity (Wildman–Crippen MR) is 227 cm³/mol. The van der Waals surface area contributed by atoms with Crippen molar-refractivity contribution in [3.63, 3.8) is 0 Å². The summed E-state index contributed by atoms with van der Waals surface area (Å²) in [6.45, 7) is 0. The number of benzene rings is 8. The molecule has 53 heavy (non-hydrogen) atoms. The Morgan fingerprint density at radius 2 is 1.17 bits per heavy atom. The van der Waals surface area contributed by atoms with E-state index in [0.717, 1.165) is 41.2 Å². The van der Waals surface area contributed by atoms with Crippen LogP contribution in [0.5, 0.6) is 0 Å². The van der Waals surface area contributed by atoms with Gasteiger partial charge in [0.05, 0.1) is 0 Å². The monoisotopic (exact) mass is 695 g/mol. The molecule has 0 radical (unpaired) electrons. The molecule has 0 bridgehead atoms. The lowest BCUT2D eigenvalue weighted by Gasteiger charge is -2.26. The van der Waals surface area contributed by atoms with Gasteiger partial charge in [-0.15, -0.1) is 11.3 Å². The average molecular weight is 696 g/mol. The second-order valence-corrected chi connectivity index (χ2v) is 15.1. The van der Waals surface area contributed by atoms with Gasteiger partial charge in [0.25, 0.3) is 0 Å². The Morgan fingerprint density at radius 3 is 2.06 bits per heavy atom. The molecule has 8 aromatic carbocycles. The van der Waals surface area contributed by atoms with Gasteiger partial charge in [-0.2, -0.15) is 0 Å². The fourth-order valence-electron chi connectivity index (χ4n) is 8.34. The summed E-state index contributed by atoms with van der Waals surface area (Å²) < 4.78 is 9.07. The Morgan fingerprint density at radius 1 is 0.472 bits per heavy atom. The van der Waals surface area contributed by atoms with Crippen LogP contribution in [0.4, 0.5) is 17.1 Å². The molecular formula is C50H33NOS. The molecule has 10 aromatic rings. The van der Waals surface area contributed by atoms with Gasteiger partial charge in [-0.3, -0.25) is 0 Å². The second-order valence-electron chi connectivity index (χ2n) is 14.0. The van der Waals surface area contributed by atoms with E-state index in [1.165, 1.54) is 74.9 Å². The lowest BCUT2D eigenvalue weighted by atomic mass is 9.92. The molecular weight excluding hydrogens is 663 g/mol. The van der Waals surface area contributed by atoms with Gasteiger partial charge < -0.3 is 9.32 Å². The molecule has 0 atom stereocenters. The van der Waals surface area contributed by atoms with Crippen LogP contribution in [0.1, 0.15) is 17.7 Å². The van der Waals surface area contributed by atoms with Crippen molar-refractivity contribution in [1.82, 2.24) is 0 Å². The zero-order valence-electron chi connectivity index (χ0n) is 28.9. The number of allylic oxidation sites excluding steroid dienone is 1. The van der Waals surface area contributed by atoms with Crippen LogP contribution in [-0.2, 0) is 6.42 Å². The van der Waals surface area contributed by atoms with E-state index in [2.05, 4.69) is 181 Å². The number of anilines is 3. The number of aryl methyl sites for hydroxylation is 1. The Labute approximate surface area is 311 Å². The average Bonchev–Trinajstić information content (AvgIpc) is 3.78. The van der Waals surface area contributed by atoms with Crippen LogP contribution in [0.3, 0.4) is 0 Å².